The second-order valence-corrected chi connectivity index (χ2v) is 10.9. The van der Waals surface area contributed by atoms with Gasteiger partial charge in [0.05, 0.1) is 0 Å². The van der Waals surface area contributed by atoms with Gasteiger partial charge in [-0.05, 0) is 80.9 Å². The highest BCUT2D eigenvalue weighted by atomic mass is 35.5. The second kappa shape index (κ2) is 6.44. The lowest BCUT2D eigenvalue weighted by Gasteiger charge is -2.47. The van der Waals surface area contributed by atoms with Gasteiger partial charge in [-0.25, -0.2) is 0 Å². The first kappa shape index (κ1) is 20.2. The zero-order chi connectivity index (χ0) is 20.5. The summed E-state index contributed by atoms with van der Waals surface area (Å²) in [5.41, 5.74) is 2.29. The van der Waals surface area contributed by atoms with Crippen LogP contribution in [-0.4, -0.2) is 16.5 Å². The number of ketones is 1. The van der Waals surface area contributed by atoms with Crippen molar-refractivity contribution in [1.82, 2.24) is 0 Å². The molecule has 1 aromatic rings. The fourth-order valence-electron chi connectivity index (χ4n) is 6.58. The Hall–Kier alpha value is -1.12. The molecule has 2 bridgehead atoms. The number of carbonyl (C=O) groups excluding carboxylic acids is 1. The topological polar surface area (TPSA) is 37.3 Å². The summed E-state index contributed by atoms with van der Waals surface area (Å²) >= 11 is 6.10. The van der Waals surface area contributed by atoms with Crippen molar-refractivity contribution in [3.05, 3.63) is 46.0 Å². The van der Waals surface area contributed by atoms with Crippen LogP contribution in [0.15, 0.2) is 35.4 Å². The van der Waals surface area contributed by atoms with Crippen LogP contribution < -0.4 is 0 Å². The lowest BCUT2D eigenvalue weighted by atomic mass is 9.59. The zero-order valence-electron chi connectivity index (χ0n) is 17.8. The summed E-state index contributed by atoms with van der Waals surface area (Å²) in [6.45, 7) is 11.0. The van der Waals surface area contributed by atoms with E-state index < -0.39 is 5.60 Å². The predicted octanol–water partition coefficient (Wildman–Crippen LogP) is 6.32. The average Bonchev–Trinajstić information content (AvgIpc) is 2.96. The molecule has 2 saturated carbocycles. The van der Waals surface area contributed by atoms with Crippen LogP contribution in [0.3, 0.4) is 0 Å². The van der Waals surface area contributed by atoms with Crippen LogP contribution in [0.2, 0.25) is 5.02 Å². The number of hydrogen-bond donors (Lipinski definition) is 1. The summed E-state index contributed by atoms with van der Waals surface area (Å²) < 4.78 is 0. The highest BCUT2D eigenvalue weighted by molar-refractivity contribution is 6.30. The molecule has 0 heterocycles. The van der Waals surface area contributed by atoms with E-state index in [9.17, 15) is 9.90 Å². The van der Waals surface area contributed by atoms with E-state index in [2.05, 4.69) is 46.8 Å². The lowest BCUT2D eigenvalue weighted by molar-refractivity contribution is -0.160. The van der Waals surface area contributed by atoms with Gasteiger partial charge in [0.2, 0.25) is 0 Å². The number of carbonyl (C=O) groups is 1. The van der Waals surface area contributed by atoms with Gasteiger partial charge in [-0.15, -0.1) is 0 Å². The van der Waals surface area contributed by atoms with Gasteiger partial charge in [-0.2, -0.15) is 0 Å². The summed E-state index contributed by atoms with van der Waals surface area (Å²) in [4.78, 5) is 14.0. The van der Waals surface area contributed by atoms with Crippen LogP contribution in [0.4, 0.5) is 0 Å². The Morgan fingerprint density at radius 2 is 1.68 bits per heavy atom. The standard InChI is InChI=1S/C25H33ClO2/c1-15-12-20(17-6-8-19(26)9-7-17)21(13-16(15)2)22(27)25(28)14-18-10-11-24(25,5)23(18,3)4/h6-9,18,20-21,28H,10-14H2,1-5H3/t18-,20-,21+,24-,25+/m1/s1. The van der Waals surface area contributed by atoms with Crippen molar-refractivity contribution in [2.45, 2.75) is 78.2 Å². The smallest absolute Gasteiger partial charge is 0.168 e. The molecule has 152 valence electrons. The molecule has 2 nitrogen and oxygen atoms in total. The van der Waals surface area contributed by atoms with Crippen molar-refractivity contribution < 1.29 is 9.90 Å². The van der Waals surface area contributed by atoms with E-state index in [1.807, 2.05) is 12.1 Å². The first-order chi connectivity index (χ1) is 13.0. The van der Waals surface area contributed by atoms with Crippen LogP contribution >= 0.6 is 11.6 Å². The molecule has 1 N–H and O–H groups in total. The van der Waals surface area contributed by atoms with Gasteiger partial charge in [-0.3, -0.25) is 4.79 Å². The van der Waals surface area contributed by atoms with Crippen LogP contribution in [0, 0.1) is 22.7 Å². The number of fused-ring (bicyclic) bond motifs is 2. The number of halogens is 1. The Labute approximate surface area is 174 Å². The molecule has 2 fully saturated rings. The maximum atomic E-state index is 14.0. The Bertz CT molecular complexity index is 837. The molecule has 3 aliphatic carbocycles. The van der Waals surface area contributed by atoms with Gasteiger partial charge < -0.3 is 5.11 Å². The van der Waals surface area contributed by atoms with E-state index in [-0.39, 0.29) is 28.4 Å². The first-order valence-corrected chi connectivity index (χ1v) is 11.1. The van der Waals surface area contributed by atoms with Gasteiger partial charge >= 0.3 is 0 Å². The molecule has 0 aromatic heterocycles. The Kier molecular flexibility index (Phi) is 4.64. The molecule has 0 spiro atoms. The number of allylic oxidation sites excluding steroid dienone is 2. The third-order valence-electron chi connectivity index (χ3n) is 9.20. The largest absolute Gasteiger partial charge is 0.381 e. The van der Waals surface area contributed by atoms with Gasteiger partial charge in [-0.1, -0.05) is 55.7 Å². The van der Waals surface area contributed by atoms with Gasteiger partial charge in [0.25, 0.3) is 0 Å². The molecule has 1 aromatic carbocycles. The Balaban J connectivity index is 1.73. The summed E-state index contributed by atoms with van der Waals surface area (Å²) in [6, 6.07) is 7.93. The number of rotatable bonds is 3. The minimum absolute atomic E-state index is 0.00263. The van der Waals surface area contributed by atoms with Crippen molar-refractivity contribution in [1.29, 1.82) is 0 Å². The lowest BCUT2D eigenvalue weighted by Crippen LogP contribution is -2.56. The molecule has 3 aliphatic rings. The molecule has 0 radical (unpaired) electrons. The molecular formula is C25H33ClO2. The molecule has 5 atom stereocenters. The third kappa shape index (κ3) is 2.60. The SMILES string of the molecule is CC1=C(C)C[C@H](c2ccc(Cl)cc2)[C@@H](C(=O)[C@@]2(O)C[C@H]3CC[C@]2(C)C3(C)C)C1. The van der Waals surface area contributed by atoms with Crippen LogP contribution in [-0.2, 0) is 4.79 Å². The third-order valence-corrected chi connectivity index (χ3v) is 9.45. The summed E-state index contributed by atoms with van der Waals surface area (Å²) in [5.74, 6) is 0.463. The molecule has 0 unspecified atom stereocenters. The van der Waals surface area contributed by atoms with E-state index in [1.54, 1.807) is 0 Å². The minimum atomic E-state index is -1.21. The summed E-state index contributed by atoms with van der Waals surface area (Å²) in [7, 11) is 0. The molecule has 28 heavy (non-hydrogen) atoms. The fourth-order valence-corrected chi connectivity index (χ4v) is 6.71. The highest BCUT2D eigenvalue weighted by Gasteiger charge is 2.71. The van der Waals surface area contributed by atoms with Crippen molar-refractivity contribution in [3.8, 4) is 0 Å². The van der Waals surface area contributed by atoms with Gasteiger partial charge in [0, 0.05) is 16.4 Å². The number of benzene rings is 1. The average molecular weight is 401 g/mol. The second-order valence-electron chi connectivity index (χ2n) is 10.5. The maximum Gasteiger partial charge on any atom is 0.168 e. The maximum absolute atomic E-state index is 14.0. The van der Waals surface area contributed by atoms with E-state index in [0.29, 0.717) is 17.4 Å². The van der Waals surface area contributed by atoms with Crippen molar-refractivity contribution in [3.63, 3.8) is 0 Å². The molecule has 3 heteroatoms. The quantitative estimate of drug-likeness (QED) is 0.603. The molecule has 0 aliphatic heterocycles. The van der Waals surface area contributed by atoms with E-state index >= 15 is 0 Å². The van der Waals surface area contributed by atoms with E-state index in [1.165, 1.54) is 11.1 Å². The summed E-state index contributed by atoms with van der Waals surface area (Å²) in [6.07, 6.45) is 4.33. The predicted molar refractivity (Wildman–Crippen MR) is 114 cm³/mol. The van der Waals surface area contributed by atoms with Gasteiger partial charge in [0.15, 0.2) is 5.78 Å². The highest BCUT2D eigenvalue weighted by Crippen LogP contribution is 2.70. The Morgan fingerprint density at radius 1 is 1.07 bits per heavy atom. The number of aliphatic hydroxyl groups is 1. The van der Waals surface area contributed by atoms with Crippen LogP contribution in [0.5, 0.6) is 0 Å². The monoisotopic (exact) mass is 400 g/mol. The normalized spacial score (nSPS) is 39.5. The minimum Gasteiger partial charge on any atom is -0.381 e. The number of Topliss-reactive ketones (excluding diaryl/α,β-unsaturated/α-hetero) is 1. The number of hydrogen-bond acceptors (Lipinski definition) is 2. The molecular weight excluding hydrogens is 368 g/mol. The molecule has 4 rings (SSSR count). The molecule has 0 amide bonds. The van der Waals surface area contributed by atoms with Crippen LogP contribution in [0.1, 0.15) is 78.2 Å². The van der Waals surface area contributed by atoms with E-state index in [4.69, 9.17) is 11.6 Å². The van der Waals surface area contributed by atoms with Crippen molar-refractivity contribution >= 4 is 17.4 Å². The van der Waals surface area contributed by atoms with Gasteiger partial charge in [0.1, 0.15) is 5.60 Å². The van der Waals surface area contributed by atoms with Crippen molar-refractivity contribution in [2.24, 2.45) is 22.7 Å². The fraction of sp³-hybridized carbons (Fsp3) is 0.640. The summed E-state index contributed by atoms with van der Waals surface area (Å²) in [5, 5.41) is 12.6. The first-order valence-electron chi connectivity index (χ1n) is 10.7. The van der Waals surface area contributed by atoms with E-state index in [0.717, 1.165) is 31.2 Å². The van der Waals surface area contributed by atoms with Crippen molar-refractivity contribution in [2.75, 3.05) is 0 Å². The van der Waals surface area contributed by atoms with Crippen LogP contribution in [0.25, 0.3) is 0 Å². The zero-order valence-corrected chi connectivity index (χ0v) is 18.6. The Morgan fingerprint density at radius 3 is 2.21 bits per heavy atom. The molecule has 0 saturated heterocycles.